The fraction of sp³-hybridized carbons (Fsp3) is 0.250. The first-order chi connectivity index (χ1) is 10.1. The van der Waals surface area contributed by atoms with Gasteiger partial charge < -0.3 is 4.90 Å². The maximum Gasteiger partial charge on any atom is 0.193 e. The molecular weight excluding hydrogens is 264 g/mol. The number of hydrogen-bond donors (Lipinski definition) is 0. The number of pyridine rings is 1. The van der Waals surface area contributed by atoms with Crippen LogP contribution in [0, 0.1) is 0 Å². The molecule has 0 aromatic carbocycles. The van der Waals surface area contributed by atoms with Crippen LogP contribution >= 0.6 is 0 Å². The van der Waals surface area contributed by atoms with Gasteiger partial charge in [-0.2, -0.15) is 0 Å². The highest BCUT2D eigenvalue weighted by Gasteiger charge is 2.24. The van der Waals surface area contributed by atoms with Crippen LogP contribution in [0.2, 0.25) is 0 Å². The van der Waals surface area contributed by atoms with Gasteiger partial charge in [-0.15, -0.1) is 0 Å². The Balaban J connectivity index is 1.98. The van der Waals surface area contributed by atoms with Gasteiger partial charge in [0.25, 0.3) is 0 Å². The Morgan fingerprint density at radius 3 is 2.67 bits per heavy atom. The summed E-state index contributed by atoms with van der Waals surface area (Å²) in [5, 5.41) is 0. The standard InChI is InChI=1S/C16H16N4O/c1-20(2)10-12-3-4-14-13(15(12)21)9-18-16(19-14)11-5-7-17-8-6-11/h5-10H,3-4H2,1-2H3. The van der Waals surface area contributed by atoms with E-state index in [2.05, 4.69) is 15.0 Å². The van der Waals surface area contributed by atoms with E-state index >= 15 is 0 Å². The van der Waals surface area contributed by atoms with E-state index < -0.39 is 0 Å². The number of carbonyl (C=O) groups is 1. The summed E-state index contributed by atoms with van der Waals surface area (Å²) in [6.07, 6.45) is 8.42. The van der Waals surface area contributed by atoms with Crippen molar-refractivity contribution >= 4 is 5.78 Å². The lowest BCUT2D eigenvalue weighted by Gasteiger charge is -2.18. The highest BCUT2D eigenvalue weighted by Crippen LogP contribution is 2.25. The summed E-state index contributed by atoms with van der Waals surface area (Å²) in [5.41, 5.74) is 3.17. The molecule has 1 aliphatic carbocycles. The molecule has 0 spiro atoms. The Hall–Kier alpha value is -2.56. The number of nitrogens with zero attached hydrogens (tertiary/aromatic N) is 4. The van der Waals surface area contributed by atoms with Gasteiger partial charge in [-0.3, -0.25) is 9.78 Å². The molecule has 0 bridgehead atoms. The highest BCUT2D eigenvalue weighted by molar-refractivity contribution is 6.10. The maximum atomic E-state index is 12.4. The number of aromatic nitrogens is 3. The summed E-state index contributed by atoms with van der Waals surface area (Å²) in [6.45, 7) is 0. The summed E-state index contributed by atoms with van der Waals surface area (Å²) in [7, 11) is 3.83. The fourth-order valence-electron chi connectivity index (χ4n) is 2.41. The molecule has 106 valence electrons. The second-order valence-electron chi connectivity index (χ2n) is 5.24. The molecule has 0 N–H and O–H groups in total. The van der Waals surface area contributed by atoms with Crippen molar-refractivity contribution in [1.29, 1.82) is 0 Å². The van der Waals surface area contributed by atoms with Crippen molar-refractivity contribution in [2.75, 3.05) is 14.1 Å². The van der Waals surface area contributed by atoms with Crippen molar-refractivity contribution < 1.29 is 4.79 Å². The third-order valence-electron chi connectivity index (χ3n) is 3.39. The Bertz CT molecular complexity index is 707. The van der Waals surface area contributed by atoms with Crippen molar-refractivity contribution in [1.82, 2.24) is 19.9 Å². The molecule has 0 aliphatic heterocycles. The number of hydrogen-bond acceptors (Lipinski definition) is 5. The molecular formula is C16H16N4O. The highest BCUT2D eigenvalue weighted by atomic mass is 16.1. The summed E-state index contributed by atoms with van der Waals surface area (Å²) in [6, 6.07) is 3.73. The Morgan fingerprint density at radius 1 is 1.19 bits per heavy atom. The molecule has 0 saturated carbocycles. The van der Waals surface area contributed by atoms with Gasteiger partial charge in [0.15, 0.2) is 11.6 Å². The maximum absolute atomic E-state index is 12.4. The van der Waals surface area contributed by atoms with E-state index in [1.165, 1.54) is 0 Å². The molecule has 0 unspecified atom stereocenters. The first-order valence-corrected chi connectivity index (χ1v) is 6.83. The van der Waals surface area contributed by atoms with Crippen LogP contribution in [0.15, 0.2) is 42.5 Å². The summed E-state index contributed by atoms with van der Waals surface area (Å²) >= 11 is 0. The van der Waals surface area contributed by atoms with Gasteiger partial charge in [0.05, 0.1) is 11.3 Å². The fourth-order valence-corrected chi connectivity index (χ4v) is 2.41. The second-order valence-corrected chi connectivity index (χ2v) is 5.24. The van der Waals surface area contributed by atoms with Gasteiger partial charge in [0.2, 0.25) is 0 Å². The number of ketones is 1. The van der Waals surface area contributed by atoms with E-state index in [1.807, 2.05) is 37.3 Å². The van der Waals surface area contributed by atoms with Gasteiger partial charge in [0, 0.05) is 50.0 Å². The predicted molar refractivity (Wildman–Crippen MR) is 79.7 cm³/mol. The molecule has 5 nitrogen and oxygen atoms in total. The SMILES string of the molecule is CN(C)C=C1CCc2nc(-c3ccncc3)ncc2C1=O. The smallest absolute Gasteiger partial charge is 0.193 e. The molecule has 0 fully saturated rings. The lowest BCUT2D eigenvalue weighted by Crippen LogP contribution is -2.19. The largest absolute Gasteiger partial charge is 0.383 e. The number of fused-ring (bicyclic) bond motifs is 1. The van der Waals surface area contributed by atoms with E-state index in [0.717, 1.165) is 29.7 Å². The first kappa shape index (κ1) is 13.4. The lowest BCUT2D eigenvalue weighted by atomic mass is 9.91. The van der Waals surface area contributed by atoms with Gasteiger partial charge in [-0.05, 0) is 25.0 Å². The average Bonchev–Trinajstić information content (AvgIpc) is 2.50. The van der Waals surface area contributed by atoms with Crippen LogP contribution in [0.5, 0.6) is 0 Å². The van der Waals surface area contributed by atoms with Crippen LogP contribution in [-0.2, 0) is 6.42 Å². The molecule has 2 heterocycles. The number of aryl methyl sites for hydroxylation is 1. The molecule has 3 rings (SSSR count). The quantitative estimate of drug-likeness (QED) is 0.789. The molecule has 5 heteroatoms. The molecule has 0 atom stereocenters. The third kappa shape index (κ3) is 2.67. The normalized spacial score (nSPS) is 15.9. The first-order valence-electron chi connectivity index (χ1n) is 6.83. The zero-order valence-electron chi connectivity index (χ0n) is 12.1. The second kappa shape index (κ2) is 5.44. The monoisotopic (exact) mass is 280 g/mol. The number of rotatable bonds is 2. The van der Waals surface area contributed by atoms with Gasteiger partial charge in [0.1, 0.15) is 0 Å². The van der Waals surface area contributed by atoms with Crippen molar-refractivity contribution in [2.24, 2.45) is 0 Å². The summed E-state index contributed by atoms with van der Waals surface area (Å²) in [5.74, 6) is 0.676. The van der Waals surface area contributed by atoms with Crippen molar-refractivity contribution in [3.8, 4) is 11.4 Å². The van der Waals surface area contributed by atoms with E-state index in [-0.39, 0.29) is 5.78 Å². The van der Waals surface area contributed by atoms with Crippen LogP contribution in [0.4, 0.5) is 0 Å². The van der Waals surface area contributed by atoms with Crippen molar-refractivity contribution in [3.05, 3.63) is 53.8 Å². The van der Waals surface area contributed by atoms with Crippen LogP contribution in [0.1, 0.15) is 22.5 Å². The van der Waals surface area contributed by atoms with E-state index in [4.69, 9.17) is 0 Å². The summed E-state index contributed by atoms with van der Waals surface area (Å²) < 4.78 is 0. The molecule has 0 amide bonds. The zero-order valence-corrected chi connectivity index (χ0v) is 12.1. The van der Waals surface area contributed by atoms with Crippen LogP contribution in [0.25, 0.3) is 11.4 Å². The topological polar surface area (TPSA) is 59.0 Å². The Kier molecular flexibility index (Phi) is 3.48. The van der Waals surface area contributed by atoms with E-state index in [9.17, 15) is 4.79 Å². The van der Waals surface area contributed by atoms with Gasteiger partial charge >= 0.3 is 0 Å². The number of carbonyl (C=O) groups excluding carboxylic acids is 1. The number of Topliss-reactive ketones (excluding diaryl/α,β-unsaturated/α-hetero) is 1. The average molecular weight is 280 g/mol. The van der Waals surface area contributed by atoms with E-state index in [0.29, 0.717) is 11.4 Å². The van der Waals surface area contributed by atoms with Gasteiger partial charge in [-0.1, -0.05) is 0 Å². The minimum absolute atomic E-state index is 0.0335. The minimum atomic E-state index is 0.0335. The molecule has 2 aromatic rings. The molecule has 1 aliphatic rings. The van der Waals surface area contributed by atoms with Crippen molar-refractivity contribution in [3.63, 3.8) is 0 Å². The Morgan fingerprint density at radius 2 is 1.95 bits per heavy atom. The molecule has 0 radical (unpaired) electrons. The minimum Gasteiger partial charge on any atom is -0.383 e. The molecule has 21 heavy (non-hydrogen) atoms. The number of allylic oxidation sites excluding steroid dienone is 1. The lowest BCUT2D eigenvalue weighted by molar-refractivity contribution is 0.102. The molecule has 0 saturated heterocycles. The van der Waals surface area contributed by atoms with Crippen molar-refractivity contribution in [2.45, 2.75) is 12.8 Å². The Labute approximate surface area is 123 Å². The molecule has 2 aromatic heterocycles. The third-order valence-corrected chi connectivity index (χ3v) is 3.39. The van der Waals surface area contributed by atoms with Gasteiger partial charge in [-0.25, -0.2) is 9.97 Å². The van der Waals surface area contributed by atoms with Crippen LogP contribution in [-0.4, -0.2) is 39.7 Å². The van der Waals surface area contributed by atoms with Crippen LogP contribution < -0.4 is 0 Å². The van der Waals surface area contributed by atoms with E-state index in [1.54, 1.807) is 18.6 Å². The summed E-state index contributed by atoms with van der Waals surface area (Å²) in [4.78, 5) is 27.2. The zero-order chi connectivity index (χ0) is 14.8. The van der Waals surface area contributed by atoms with Crippen LogP contribution in [0.3, 0.4) is 0 Å². The predicted octanol–water partition coefficient (Wildman–Crippen LogP) is 2.11.